The van der Waals surface area contributed by atoms with Gasteiger partial charge >= 0.3 is 7.12 Å². The molecule has 0 fully saturated rings. The third kappa shape index (κ3) is 4.18. The molecule has 0 aliphatic rings. The van der Waals surface area contributed by atoms with E-state index in [1.807, 2.05) is 12.1 Å². The lowest BCUT2D eigenvalue weighted by atomic mass is 9.80. The molecule has 106 valence electrons. The number of hydrogen-bond donors (Lipinski definition) is 2. The number of rotatable bonds is 6. The summed E-state index contributed by atoms with van der Waals surface area (Å²) in [5.74, 6) is 0. The molecule has 0 saturated carbocycles. The molecular weight excluding hydrogens is 269 g/mol. The van der Waals surface area contributed by atoms with Gasteiger partial charge in [0.2, 0.25) is 0 Å². The normalized spacial score (nSPS) is 11.3. The Morgan fingerprint density at radius 3 is 2.30 bits per heavy atom. The van der Waals surface area contributed by atoms with Crippen LogP contribution in [0.2, 0.25) is 0 Å². The monoisotopic (exact) mass is 289 g/mol. The fraction of sp³-hybridized carbons (Fsp3) is 0.333. The lowest BCUT2D eigenvalue weighted by Crippen LogP contribution is -2.31. The van der Waals surface area contributed by atoms with E-state index in [1.165, 1.54) is 10.4 Å². The predicted octanol–water partition coefficient (Wildman–Crippen LogP) is 1.84. The van der Waals surface area contributed by atoms with Crippen molar-refractivity contribution in [3.8, 4) is 0 Å². The summed E-state index contributed by atoms with van der Waals surface area (Å²) < 4.78 is 0. The first-order valence-corrected chi connectivity index (χ1v) is 7.65. The SMILES string of the molecule is CC(C)N(Cc1ccc(B(O)O)cc1)Cc1cccs1. The van der Waals surface area contributed by atoms with Crippen molar-refractivity contribution in [1.82, 2.24) is 4.90 Å². The maximum atomic E-state index is 9.10. The second-order valence-corrected chi connectivity index (χ2v) is 6.23. The van der Waals surface area contributed by atoms with Crippen molar-refractivity contribution in [2.24, 2.45) is 0 Å². The van der Waals surface area contributed by atoms with Gasteiger partial charge in [-0.1, -0.05) is 30.3 Å². The van der Waals surface area contributed by atoms with Gasteiger partial charge in [0, 0.05) is 24.0 Å². The second kappa shape index (κ2) is 7.04. The van der Waals surface area contributed by atoms with Crippen molar-refractivity contribution in [3.05, 3.63) is 52.2 Å². The summed E-state index contributed by atoms with van der Waals surface area (Å²) in [5.41, 5.74) is 1.71. The van der Waals surface area contributed by atoms with Crippen molar-refractivity contribution in [3.63, 3.8) is 0 Å². The van der Waals surface area contributed by atoms with Crippen LogP contribution in [-0.2, 0) is 13.1 Å². The van der Waals surface area contributed by atoms with Crippen LogP contribution in [0.3, 0.4) is 0 Å². The smallest absolute Gasteiger partial charge is 0.423 e. The minimum absolute atomic E-state index is 0.459. The predicted molar refractivity (Wildman–Crippen MR) is 85.0 cm³/mol. The molecule has 0 unspecified atom stereocenters. The molecule has 1 aromatic heterocycles. The van der Waals surface area contributed by atoms with Crippen LogP contribution in [0.4, 0.5) is 0 Å². The summed E-state index contributed by atoms with van der Waals surface area (Å²) in [6, 6.07) is 12.1. The number of nitrogens with zero attached hydrogens (tertiary/aromatic N) is 1. The molecule has 3 nitrogen and oxygen atoms in total. The van der Waals surface area contributed by atoms with Gasteiger partial charge in [0.1, 0.15) is 0 Å². The molecule has 20 heavy (non-hydrogen) atoms. The van der Waals surface area contributed by atoms with E-state index in [0.29, 0.717) is 11.5 Å². The average Bonchev–Trinajstić information content (AvgIpc) is 2.91. The van der Waals surface area contributed by atoms with Crippen LogP contribution >= 0.6 is 11.3 Å². The van der Waals surface area contributed by atoms with Crippen LogP contribution in [0.5, 0.6) is 0 Å². The van der Waals surface area contributed by atoms with Gasteiger partial charge in [0.25, 0.3) is 0 Å². The number of benzene rings is 1. The Bertz CT molecular complexity index is 511. The highest BCUT2D eigenvalue weighted by atomic mass is 32.1. The molecule has 2 aromatic rings. The lowest BCUT2D eigenvalue weighted by molar-refractivity contribution is 0.205. The Morgan fingerprint density at radius 1 is 1.10 bits per heavy atom. The van der Waals surface area contributed by atoms with E-state index in [2.05, 4.69) is 36.3 Å². The summed E-state index contributed by atoms with van der Waals surface area (Å²) in [6.45, 7) is 6.19. The van der Waals surface area contributed by atoms with E-state index in [0.717, 1.165) is 13.1 Å². The molecule has 1 heterocycles. The van der Waals surface area contributed by atoms with Gasteiger partial charge in [-0.05, 0) is 36.3 Å². The molecule has 0 aliphatic carbocycles. The topological polar surface area (TPSA) is 43.7 Å². The van der Waals surface area contributed by atoms with E-state index < -0.39 is 7.12 Å². The van der Waals surface area contributed by atoms with Crippen molar-refractivity contribution in [1.29, 1.82) is 0 Å². The third-order valence-corrected chi connectivity index (χ3v) is 4.19. The Hall–Kier alpha value is -1.14. The van der Waals surface area contributed by atoms with Gasteiger partial charge in [0.15, 0.2) is 0 Å². The molecule has 0 saturated heterocycles. The summed E-state index contributed by atoms with van der Waals surface area (Å²) in [7, 11) is -1.39. The first-order valence-electron chi connectivity index (χ1n) is 6.77. The molecule has 2 N–H and O–H groups in total. The summed E-state index contributed by atoms with van der Waals surface area (Å²) in [5, 5.41) is 20.3. The van der Waals surface area contributed by atoms with Crippen LogP contribution in [-0.4, -0.2) is 28.1 Å². The van der Waals surface area contributed by atoms with E-state index in [4.69, 9.17) is 10.0 Å². The van der Waals surface area contributed by atoms with Crippen LogP contribution in [0, 0.1) is 0 Å². The van der Waals surface area contributed by atoms with Gasteiger partial charge < -0.3 is 10.0 Å². The van der Waals surface area contributed by atoms with Crippen LogP contribution in [0.1, 0.15) is 24.3 Å². The summed E-state index contributed by atoms with van der Waals surface area (Å²) in [4.78, 5) is 3.76. The highest BCUT2D eigenvalue weighted by Gasteiger charge is 2.13. The Balaban J connectivity index is 2.04. The Morgan fingerprint density at radius 2 is 1.80 bits per heavy atom. The van der Waals surface area contributed by atoms with Gasteiger partial charge in [-0.2, -0.15) is 0 Å². The number of hydrogen-bond acceptors (Lipinski definition) is 4. The average molecular weight is 289 g/mol. The van der Waals surface area contributed by atoms with Gasteiger partial charge in [-0.15, -0.1) is 11.3 Å². The highest BCUT2D eigenvalue weighted by molar-refractivity contribution is 7.09. The van der Waals surface area contributed by atoms with E-state index in [9.17, 15) is 0 Å². The largest absolute Gasteiger partial charge is 0.488 e. The van der Waals surface area contributed by atoms with Crippen LogP contribution < -0.4 is 5.46 Å². The summed E-state index contributed by atoms with van der Waals surface area (Å²) >= 11 is 1.78. The number of thiophene rings is 1. The summed E-state index contributed by atoms with van der Waals surface area (Å²) in [6.07, 6.45) is 0. The van der Waals surface area contributed by atoms with E-state index in [1.54, 1.807) is 23.5 Å². The molecule has 0 aliphatic heterocycles. The molecule has 0 atom stereocenters. The second-order valence-electron chi connectivity index (χ2n) is 5.19. The first-order chi connectivity index (χ1) is 9.56. The first kappa shape index (κ1) is 15.3. The van der Waals surface area contributed by atoms with E-state index in [-0.39, 0.29) is 0 Å². The van der Waals surface area contributed by atoms with Gasteiger partial charge in [-0.3, -0.25) is 4.90 Å². The Kier molecular flexibility index (Phi) is 5.37. The van der Waals surface area contributed by atoms with Crippen LogP contribution in [0.15, 0.2) is 41.8 Å². The Labute approximate surface area is 124 Å². The van der Waals surface area contributed by atoms with Crippen molar-refractivity contribution in [2.75, 3.05) is 0 Å². The zero-order valence-electron chi connectivity index (χ0n) is 11.9. The van der Waals surface area contributed by atoms with Crippen molar-refractivity contribution < 1.29 is 10.0 Å². The van der Waals surface area contributed by atoms with Crippen molar-refractivity contribution in [2.45, 2.75) is 33.0 Å². The quantitative estimate of drug-likeness (QED) is 0.798. The molecule has 0 radical (unpaired) electrons. The highest BCUT2D eigenvalue weighted by Crippen LogP contribution is 2.16. The fourth-order valence-corrected chi connectivity index (χ4v) is 2.78. The van der Waals surface area contributed by atoms with E-state index >= 15 is 0 Å². The minimum atomic E-state index is -1.39. The molecule has 5 heteroatoms. The zero-order valence-corrected chi connectivity index (χ0v) is 12.7. The minimum Gasteiger partial charge on any atom is -0.423 e. The standard InChI is InChI=1S/C15H20BNO2S/c1-12(2)17(11-15-4-3-9-20-15)10-13-5-7-14(8-6-13)16(18)19/h3-9,12,18-19H,10-11H2,1-2H3. The maximum absolute atomic E-state index is 9.10. The molecule has 0 amide bonds. The molecule has 0 spiro atoms. The van der Waals surface area contributed by atoms with Crippen LogP contribution in [0.25, 0.3) is 0 Å². The fourth-order valence-electron chi connectivity index (χ4n) is 2.05. The van der Waals surface area contributed by atoms with Crippen molar-refractivity contribution >= 4 is 23.9 Å². The third-order valence-electron chi connectivity index (χ3n) is 3.33. The lowest BCUT2D eigenvalue weighted by Gasteiger charge is -2.26. The maximum Gasteiger partial charge on any atom is 0.488 e. The zero-order chi connectivity index (χ0) is 14.5. The molecule has 1 aromatic carbocycles. The van der Waals surface area contributed by atoms with Gasteiger partial charge in [-0.25, -0.2) is 0 Å². The molecular formula is C15H20BNO2S. The van der Waals surface area contributed by atoms with Gasteiger partial charge in [0.05, 0.1) is 0 Å². The molecule has 0 bridgehead atoms. The molecule has 2 rings (SSSR count).